The highest BCUT2D eigenvalue weighted by molar-refractivity contribution is 6.04. The smallest absolute Gasteiger partial charge is 0.257 e. The van der Waals surface area contributed by atoms with Gasteiger partial charge in [0.1, 0.15) is 23.0 Å². The first-order chi connectivity index (χ1) is 16.0. The predicted molar refractivity (Wildman–Crippen MR) is 129 cm³/mol. The molecule has 0 N–H and O–H groups in total. The van der Waals surface area contributed by atoms with Gasteiger partial charge in [-0.1, -0.05) is 35.9 Å². The highest BCUT2D eigenvalue weighted by atomic mass is 16.5. The molecule has 0 bridgehead atoms. The minimum Gasteiger partial charge on any atom is -0.496 e. The molecular weight excluding hydrogens is 414 g/mol. The van der Waals surface area contributed by atoms with Gasteiger partial charge in [-0.05, 0) is 50.2 Å². The van der Waals surface area contributed by atoms with Gasteiger partial charge in [0.15, 0.2) is 5.75 Å². The Morgan fingerprint density at radius 2 is 1.82 bits per heavy atom. The number of amides is 1. The molecule has 0 saturated carbocycles. The molecule has 0 aromatic heterocycles. The summed E-state index contributed by atoms with van der Waals surface area (Å²) in [7, 11) is 1.59. The largest absolute Gasteiger partial charge is 0.496 e. The van der Waals surface area contributed by atoms with Gasteiger partial charge in [-0.15, -0.1) is 0 Å². The quantitative estimate of drug-likeness (QED) is 0.560. The molecule has 33 heavy (non-hydrogen) atoms. The van der Waals surface area contributed by atoms with Gasteiger partial charge >= 0.3 is 0 Å². The number of aryl methyl sites for hydroxylation is 1. The lowest BCUT2D eigenvalue weighted by Gasteiger charge is -2.41. The van der Waals surface area contributed by atoms with Crippen LogP contribution < -0.4 is 9.47 Å². The number of carbonyl (C=O) groups is 1. The Labute approximate surface area is 194 Å². The van der Waals surface area contributed by atoms with Crippen LogP contribution in [0.2, 0.25) is 0 Å². The highest BCUT2D eigenvalue weighted by Crippen LogP contribution is 2.38. The lowest BCUT2D eigenvalue weighted by molar-refractivity contribution is 0.0578. The number of piperazine rings is 1. The first kappa shape index (κ1) is 21.1. The van der Waals surface area contributed by atoms with Crippen LogP contribution in [0, 0.1) is 6.92 Å². The van der Waals surface area contributed by atoms with Gasteiger partial charge in [0, 0.05) is 25.7 Å². The predicted octanol–water partition coefficient (Wildman–Crippen LogP) is 5.03. The summed E-state index contributed by atoms with van der Waals surface area (Å²) >= 11 is 0. The first-order valence-electron chi connectivity index (χ1n) is 11.2. The van der Waals surface area contributed by atoms with E-state index < -0.39 is 0 Å². The first-order valence-corrected chi connectivity index (χ1v) is 11.2. The fraction of sp³-hybridized carbons (Fsp3) is 0.259. The van der Waals surface area contributed by atoms with E-state index in [0.717, 1.165) is 34.1 Å². The molecule has 3 aromatic carbocycles. The summed E-state index contributed by atoms with van der Waals surface area (Å²) in [6.07, 6.45) is 0. The summed E-state index contributed by atoms with van der Waals surface area (Å²) in [6.45, 7) is 6.11. The topological polar surface area (TPSA) is 54.4 Å². The number of hydrogen-bond acceptors (Lipinski definition) is 5. The van der Waals surface area contributed by atoms with Crippen LogP contribution >= 0.6 is 0 Å². The second-order valence-electron chi connectivity index (χ2n) is 8.50. The molecule has 5 rings (SSSR count). The number of rotatable bonds is 2. The number of para-hydroxylation sites is 3. The average Bonchev–Trinajstić information content (AvgIpc) is 3.00. The third kappa shape index (κ3) is 3.93. The molecule has 168 valence electrons. The molecule has 1 fully saturated rings. The van der Waals surface area contributed by atoms with E-state index in [9.17, 15) is 4.79 Å². The summed E-state index contributed by atoms with van der Waals surface area (Å²) in [5, 5.41) is 0. The minimum absolute atomic E-state index is 0.00605. The van der Waals surface area contributed by atoms with Crippen molar-refractivity contribution in [3.8, 4) is 17.2 Å². The van der Waals surface area contributed by atoms with E-state index in [1.807, 2.05) is 59.5 Å². The third-order valence-electron chi connectivity index (χ3n) is 6.21. The maximum atomic E-state index is 13.3. The van der Waals surface area contributed by atoms with Crippen molar-refractivity contribution in [3.05, 3.63) is 83.4 Å². The van der Waals surface area contributed by atoms with Gasteiger partial charge in [-0.25, -0.2) is 4.99 Å². The SMILES string of the molecule is COc1ccccc1C(=O)N1CCN(C2=Nc3ccccc3Oc3ccc(C)cc32)CC1C. The lowest BCUT2D eigenvalue weighted by Crippen LogP contribution is -2.55. The molecule has 1 atom stereocenters. The zero-order chi connectivity index (χ0) is 22.9. The Morgan fingerprint density at radius 1 is 1.03 bits per heavy atom. The van der Waals surface area contributed by atoms with Crippen LogP contribution in [0.15, 0.2) is 71.7 Å². The van der Waals surface area contributed by atoms with Crippen molar-refractivity contribution in [1.29, 1.82) is 0 Å². The molecule has 1 saturated heterocycles. The van der Waals surface area contributed by atoms with Crippen LogP contribution in [0.1, 0.15) is 28.4 Å². The average molecular weight is 442 g/mol. The van der Waals surface area contributed by atoms with Crippen molar-refractivity contribution >= 4 is 17.4 Å². The number of nitrogens with zero attached hydrogens (tertiary/aromatic N) is 3. The fourth-order valence-electron chi connectivity index (χ4n) is 4.50. The van der Waals surface area contributed by atoms with E-state index in [1.54, 1.807) is 7.11 Å². The third-order valence-corrected chi connectivity index (χ3v) is 6.21. The van der Waals surface area contributed by atoms with E-state index >= 15 is 0 Å². The molecule has 1 unspecified atom stereocenters. The highest BCUT2D eigenvalue weighted by Gasteiger charge is 2.32. The second kappa shape index (κ2) is 8.62. The number of amidine groups is 1. The molecule has 2 aliphatic heterocycles. The second-order valence-corrected chi connectivity index (χ2v) is 8.50. The van der Waals surface area contributed by atoms with E-state index in [1.165, 1.54) is 0 Å². The zero-order valence-corrected chi connectivity index (χ0v) is 19.1. The van der Waals surface area contributed by atoms with Crippen molar-refractivity contribution in [2.75, 3.05) is 26.7 Å². The zero-order valence-electron chi connectivity index (χ0n) is 19.1. The number of carbonyl (C=O) groups excluding carboxylic acids is 1. The molecule has 2 heterocycles. The Bertz CT molecular complexity index is 1240. The number of ether oxygens (including phenoxy) is 2. The number of benzene rings is 3. The van der Waals surface area contributed by atoms with E-state index in [-0.39, 0.29) is 11.9 Å². The normalized spacial score (nSPS) is 17.3. The van der Waals surface area contributed by atoms with Crippen LogP contribution in [0.5, 0.6) is 17.2 Å². The molecule has 0 radical (unpaired) electrons. The van der Waals surface area contributed by atoms with Gasteiger partial charge in [-0.2, -0.15) is 0 Å². The monoisotopic (exact) mass is 441 g/mol. The minimum atomic E-state index is -0.00710. The summed E-state index contributed by atoms with van der Waals surface area (Å²) in [6, 6.07) is 21.4. The standard InChI is InChI=1S/C27H27N3O3/c1-18-12-13-24-21(16-18)26(28-22-9-5-7-11-25(22)33-24)29-14-15-30(19(2)17-29)27(31)20-8-4-6-10-23(20)32-3/h4-13,16,19H,14-15,17H2,1-3H3. The Morgan fingerprint density at radius 3 is 2.64 bits per heavy atom. The van der Waals surface area contributed by atoms with E-state index in [0.29, 0.717) is 30.9 Å². The molecule has 3 aromatic rings. The van der Waals surface area contributed by atoms with Gasteiger partial charge in [0.25, 0.3) is 5.91 Å². The number of hydrogen-bond donors (Lipinski definition) is 0. The van der Waals surface area contributed by atoms with Crippen molar-refractivity contribution in [3.63, 3.8) is 0 Å². The maximum Gasteiger partial charge on any atom is 0.257 e. The van der Waals surface area contributed by atoms with E-state index in [4.69, 9.17) is 14.5 Å². The van der Waals surface area contributed by atoms with Gasteiger partial charge in [0.05, 0.1) is 18.2 Å². The van der Waals surface area contributed by atoms with Gasteiger partial charge < -0.3 is 19.3 Å². The number of aliphatic imine (C=N–C) groups is 1. The molecule has 1 amide bonds. The van der Waals surface area contributed by atoms with Gasteiger partial charge in [-0.3, -0.25) is 4.79 Å². The van der Waals surface area contributed by atoms with Crippen LogP contribution in [0.25, 0.3) is 0 Å². The summed E-state index contributed by atoms with van der Waals surface area (Å²) in [4.78, 5) is 22.5. The molecule has 0 spiro atoms. The van der Waals surface area contributed by atoms with Crippen LogP contribution in [-0.2, 0) is 0 Å². The van der Waals surface area contributed by atoms with Crippen LogP contribution in [0.3, 0.4) is 0 Å². The van der Waals surface area contributed by atoms with Crippen LogP contribution in [-0.4, -0.2) is 54.3 Å². The molecule has 6 nitrogen and oxygen atoms in total. The summed E-state index contributed by atoms with van der Waals surface area (Å²) < 4.78 is 11.6. The molecule has 6 heteroatoms. The Balaban J connectivity index is 1.46. The lowest BCUT2D eigenvalue weighted by atomic mass is 10.1. The van der Waals surface area contributed by atoms with Crippen molar-refractivity contribution in [1.82, 2.24) is 9.80 Å². The van der Waals surface area contributed by atoms with E-state index in [2.05, 4.69) is 30.9 Å². The van der Waals surface area contributed by atoms with Crippen LogP contribution in [0.4, 0.5) is 5.69 Å². The van der Waals surface area contributed by atoms with Crippen molar-refractivity contribution < 1.29 is 14.3 Å². The Hall–Kier alpha value is -3.80. The van der Waals surface area contributed by atoms with Crippen molar-refractivity contribution in [2.24, 2.45) is 4.99 Å². The number of fused-ring (bicyclic) bond motifs is 2. The molecule has 2 aliphatic rings. The van der Waals surface area contributed by atoms with Gasteiger partial charge in [0.2, 0.25) is 0 Å². The Kier molecular flexibility index (Phi) is 5.50. The molecule has 0 aliphatic carbocycles. The summed E-state index contributed by atoms with van der Waals surface area (Å²) in [5.74, 6) is 3.02. The fourth-order valence-corrected chi connectivity index (χ4v) is 4.50. The van der Waals surface area contributed by atoms with Crippen molar-refractivity contribution in [2.45, 2.75) is 19.9 Å². The molecular formula is C27H27N3O3. The maximum absolute atomic E-state index is 13.3. The summed E-state index contributed by atoms with van der Waals surface area (Å²) in [5.41, 5.74) is 3.52. The number of methoxy groups -OCH3 is 1.